The van der Waals surface area contributed by atoms with Gasteiger partial charge in [0, 0.05) is 13.1 Å². The molecule has 1 rings (SSSR count). The topological polar surface area (TPSA) is 54.5 Å². The van der Waals surface area contributed by atoms with Gasteiger partial charge in [0.2, 0.25) is 5.91 Å². The molecule has 0 heterocycles. The molecule has 0 N–H and O–H groups in total. The number of alkyl halides is 3. The van der Waals surface area contributed by atoms with E-state index in [4.69, 9.17) is 0 Å². The predicted octanol–water partition coefficient (Wildman–Crippen LogP) is 2.73. The SMILES string of the molecule is CC(C)N(C)C(=O)C(C)S(=O)(=O)c1cccc(C(F)(F)F)c1. The van der Waals surface area contributed by atoms with Gasteiger partial charge in [-0.15, -0.1) is 0 Å². The van der Waals surface area contributed by atoms with Crippen molar-refractivity contribution < 1.29 is 26.4 Å². The highest BCUT2D eigenvalue weighted by atomic mass is 32.2. The molecule has 0 aliphatic carbocycles. The fourth-order valence-corrected chi connectivity index (χ4v) is 3.13. The summed E-state index contributed by atoms with van der Waals surface area (Å²) in [5.41, 5.74) is -1.06. The first kappa shape index (κ1) is 18.5. The van der Waals surface area contributed by atoms with Crippen LogP contribution in [0.2, 0.25) is 0 Å². The third kappa shape index (κ3) is 3.79. The zero-order valence-corrected chi connectivity index (χ0v) is 13.5. The quantitative estimate of drug-likeness (QED) is 0.849. The van der Waals surface area contributed by atoms with Crippen molar-refractivity contribution in [3.8, 4) is 0 Å². The molecule has 0 bridgehead atoms. The van der Waals surface area contributed by atoms with Crippen LogP contribution in [0.4, 0.5) is 13.2 Å². The Kier molecular flexibility index (Phi) is 5.27. The maximum atomic E-state index is 12.7. The van der Waals surface area contributed by atoms with E-state index in [2.05, 4.69) is 0 Å². The average molecular weight is 337 g/mol. The predicted molar refractivity (Wildman–Crippen MR) is 76.0 cm³/mol. The second-order valence-electron chi connectivity index (χ2n) is 5.26. The first-order valence-corrected chi connectivity index (χ1v) is 8.11. The van der Waals surface area contributed by atoms with Gasteiger partial charge in [-0.1, -0.05) is 6.07 Å². The van der Waals surface area contributed by atoms with E-state index in [1.807, 2.05) is 0 Å². The maximum absolute atomic E-state index is 12.7. The minimum Gasteiger partial charge on any atom is -0.342 e. The van der Waals surface area contributed by atoms with Gasteiger partial charge in [-0.2, -0.15) is 13.2 Å². The van der Waals surface area contributed by atoms with E-state index in [9.17, 15) is 26.4 Å². The summed E-state index contributed by atoms with van der Waals surface area (Å²) >= 11 is 0. The van der Waals surface area contributed by atoms with Crippen LogP contribution in [0.5, 0.6) is 0 Å². The Morgan fingerprint density at radius 2 is 1.73 bits per heavy atom. The Balaban J connectivity index is 3.22. The van der Waals surface area contributed by atoms with Gasteiger partial charge in [0.05, 0.1) is 10.5 Å². The van der Waals surface area contributed by atoms with Crippen molar-refractivity contribution in [3.63, 3.8) is 0 Å². The lowest BCUT2D eigenvalue weighted by atomic mass is 10.2. The van der Waals surface area contributed by atoms with Crippen molar-refractivity contribution in [2.45, 2.75) is 43.1 Å². The number of hydrogen-bond acceptors (Lipinski definition) is 3. The highest BCUT2D eigenvalue weighted by molar-refractivity contribution is 7.92. The smallest absolute Gasteiger partial charge is 0.342 e. The van der Waals surface area contributed by atoms with Crippen molar-refractivity contribution >= 4 is 15.7 Å². The molecule has 124 valence electrons. The van der Waals surface area contributed by atoms with Crippen LogP contribution >= 0.6 is 0 Å². The summed E-state index contributed by atoms with van der Waals surface area (Å²) in [4.78, 5) is 12.8. The molecule has 0 saturated carbocycles. The lowest BCUT2D eigenvalue weighted by Crippen LogP contribution is -2.42. The monoisotopic (exact) mass is 337 g/mol. The van der Waals surface area contributed by atoms with Crippen LogP contribution < -0.4 is 0 Å². The third-order valence-electron chi connectivity index (χ3n) is 3.43. The number of nitrogens with zero attached hydrogens (tertiary/aromatic N) is 1. The number of benzene rings is 1. The zero-order valence-electron chi connectivity index (χ0n) is 12.7. The first-order valence-electron chi connectivity index (χ1n) is 6.57. The molecule has 0 aromatic heterocycles. The number of rotatable bonds is 4. The Labute approximate surface area is 127 Å². The Morgan fingerprint density at radius 1 is 1.18 bits per heavy atom. The molecular weight excluding hydrogens is 319 g/mol. The van der Waals surface area contributed by atoms with E-state index in [-0.39, 0.29) is 6.04 Å². The van der Waals surface area contributed by atoms with Crippen LogP contribution in [0.3, 0.4) is 0 Å². The van der Waals surface area contributed by atoms with Gasteiger partial charge in [0.1, 0.15) is 5.25 Å². The van der Waals surface area contributed by atoms with Gasteiger partial charge < -0.3 is 4.90 Å². The molecule has 0 fully saturated rings. The molecule has 0 aliphatic heterocycles. The normalized spacial score (nSPS) is 14.0. The molecule has 1 atom stereocenters. The Bertz CT molecular complexity index is 654. The maximum Gasteiger partial charge on any atom is 0.416 e. The van der Waals surface area contributed by atoms with Gasteiger partial charge >= 0.3 is 6.18 Å². The highest BCUT2D eigenvalue weighted by Gasteiger charge is 2.35. The van der Waals surface area contributed by atoms with Gasteiger partial charge in [-0.05, 0) is 39.0 Å². The number of amides is 1. The van der Waals surface area contributed by atoms with Crippen molar-refractivity contribution in [3.05, 3.63) is 29.8 Å². The van der Waals surface area contributed by atoms with Crippen molar-refractivity contribution in [1.29, 1.82) is 0 Å². The standard InChI is InChI=1S/C14H18F3NO3S/c1-9(2)18(4)13(19)10(3)22(20,21)12-7-5-6-11(8-12)14(15,16)17/h5-10H,1-4H3. The molecule has 1 aromatic carbocycles. The molecule has 8 heteroatoms. The van der Waals surface area contributed by atoms with Crippen molar-refractivity contribution in [2.75, 3.05) is 7.05 Å². The van der Waals surface area contributed by atoms with E-state index in [0.717, 1.165) is 18.2 Å². The molecule has 4 nitrogen and oxygen atoms in total. The molecule has 1 unspecified atom stereocenters. The fourth-order valence-electron chi connectivity index (χ4n) is 1.73. The Morgan fingerprint density at radius 3 is 2.18 bits per heavy atom. The van der Waals surface area contributed by atoms with Crippen molar-refractivity contribution in [2.24, 2.45) is 0 Å². The van der Waals surface area contributed by atoms with Gasteiger partial charge in [0.15, 0.2) is 9.84 Å². The van der Waals surface area contributed by atoms with Crippen LogP contribution in [-0.2, 0) is 20.8 Å². The summed E-state index contributed by atoms with van der Waals surface area (Å²) < 4.78 is 62.8. The second kappa shape index (κ2) is 6.28. The van der Waals surface area contributed by atoms with Crippen LogP contribution in [0, 0.1) is 0 Å². The second-order valence-corrected chi connectivity index (χ2v) is 7.52. The molecule has 0 saturated heterocycles. The number of hydrogen-bond donors (Lipinski definition) is 0. The zero-order chi connectivity index (χ0) is 17.3. The van der Waals surface area contributed by atoms with E-state index < -0.39 is 37.6 Å². The van der Waals surface area contributed by atoms with Gasteiger partial charge in [-0.3, -0.25) is 4.79 Å². The van der Waals surface area contributed by atoms with Crippen LogP contribution in [0.1, 0.15) is 26.3 Å². The summed E-state index contributed by atoms with van der Waals surface area (Å²) in [5, 5.41) is -1.46. The summed E-state index contributed by atoms with van der Waals surface area (Å²) in [6.07, 6.45) is -4.65. The fraction of sp³-hybridized carbons (Fsp3) is 0.500. The molecule has 0 spiro atoms. The van der Waals surface area contributed by atoms with Crippen molar-refractivity contribution in [1.82, 2.24) is 4.90 Å². The number of sulfone groups is 1. The summed E-state index contributed by atoms with van der Waals surface area (Å²) in [6, 6.07) is 3.19. The molecule has 22 heavy (non-hydrogen) atoms. The lowest BCUT2D eigenvalue weighted by Gasteiger charge is -2.25. The third-order valence-corrected chi connectivity index (χ3v) is 5.47. The minimum absolute atomic E-state index is 0.216. The summed E-state index contributed by atoms with van der Waals surface area (Å²) in [7, 11) is -2.74. The number of halogens is 3. The molecular formula is C14H18F3NO3S. The lowest BCUT2D eigenvalue weighted by molar-refractivity contribution is -0.137. The first-order chi connectivity index (χ1) is 9.89. The molecule has 0 aliphatic rings. The van der Waals surface area contributed by atoms with E-state index >= 15 is 0 Å². The summed E-state index contributed by atoms with van der Waals surface area (Å²) in [5.74, 6) is -0.660. The summed E-state index contributed by atoms with van der Waals surface area (Å²) in [6.45, 7) is 4.60. The molecule has 1 amide bonds. The van der Waals surface area contributed by atoms with E-state index in [0.29, 0.717) is 6.07 Å². The minimum atomic E-state index is -4.65. The van der Waals surface area contributed by atoms with Crippen LogP contribution in [-0.4, -0.2) is 37.6 Å². The number of carbonyl (C=O) groups is 1. The average Bonchev–Trinajstić information content (AvgIpc) is 2.43. The number of carbonyl (C=O) groups excluding carboxylic acids is 1. The van der Waals surface area contributed by atoms with E-state index in [1.54, 1.807) is 13.8 Å². The Hall–Kier alpha value is -1.57. The molecule has 0 radical (unpaired) electrons. The molecule has 1 aromatic rings. The van der Waals surface area contributed by atoms with Gasteiger partial charge in [-0.25, -0.2) is 8.42 Å². The van der Waals surface area contributed by atoms with Gasteiger partial charge in [0.25, 0.3) is 0 Å². The highest BCUT2D eigenvalue weighted by Crippen LogP contribution is 2.31. The largest absolute Gasteiger partial charge is 0.416 e. The van der Waals surface area contributed by atoms with E-state index in [1.165, 1.54) is 18.9 Å². The van der Waals surface area contributed by atoms with Crippen LogP contribution in [0.15, 0.2) is 29.2 Å². The van der Waals surface area contributed by atoms with Crippen LogP contribution in [0.25, 0.3) is 0 Å².